The van der Waals surface area contributed by atoms with E-state index in [0.717, 1.165) is 36.7 Å². The van der Waals surface area contributed by atoms with Gasteiger partial charge in [-0.1, -0.05) is 29.6 Å². The van der Waals surface area contributed by atoms with Crippen LogP contribution in [0, 0.1) is 0 Å². The third kappa shape index (κ3) is 2.87. The number of hydrogen-bond donors (Lipinski definition) is 0. The summed E-state index contributed by atoms with van der Waals surface area (Å²) in [4.78, 5) is 4.75. The number of fused-ring (bicyclic) bond motifs is 1. The Morgan fingerprint density at radius 2 is 1.83 bits per heavy atom. The van der Waals surface area contributed by atoms with E-state index in [-0.39, 0.29) is 11.5 Å². The Labute approximate surface area is 143 Å². The SMILES string of the molecule is CC(C)(C)n1nnc2c1CCC(c1nc(C3CCCCC3)no1)C2. The number of aromatic nitrogens is 5. The van der Waals surface area contributed by atoms with E-state index in [2.05, 4.69) is 40.9 Å². The quantitative estimate of drug-likeness (QED) is 0.839. The molecule has 0 amide bonds. The van der Waals surface area contributed by atoms with Crippen molar-refractivity contribution in [1.82, 2.24) is 25.1 Å². The van der Waals surface area contributed by atoms with Crippen molar-refractivity contribution in [3.05, 3.63) is 23.1 Å². The monoisotopic (exact) mass is 329 g/mol. The molecule has 4 rings (SSSR count). The van der Waals surface area contributed by atoms with Crippen molar-refractivity contribution < 1.29 is 4.52 Å². The van der Waals surface area contributed by atoms with Gasteiger partial charge in [-0.15, -0.1) is 5.10 Å². The molecule has 2 aliphatic carbocycles. The summed E-state index contributed by atoms with van der Waals surface area (Å²) in [5.41, 5.74) is 2.34. The van der Waals surface area contributed by atoms with Gasteiger partial charge in [-0.3, -0.25) is 0 Å². The van der Waals surface area contributed by atoms with Crippen molar-refractivity contribution in [1.29, 1.82) is 0 Å². The molecule has 0 saturated heterocycles. The summed E-state index contributed by atoms with van der Waals surface area (Å²) in [5, 5.41) is 13.1. The van der Waals surface area contributed by atoms with Crippen LogP contribution in [0.1, 0.15) is 94.2 Å². The highest BCUT2D eigenvalue weighted by atomic mass is 16.5. The molecule has 2 heterocycles. The normalized spacial score (nSPS) is 22.5. The molecule has 2 aromatic heterocycles. The van der Waals surface area contributed by atoms with E-state index in [1.54, 1.807) is 0 Å². The Kier molecular flexibility index (Phi) is 3.93. The molecule has 0 bridgehead atoms. The van der Waals surface area contributed by atoms with Crippen LogP contribution in [0.2, 0.25) is 0 Å². The highest BCUT2D eigenvalue weighted by Gasteiger charge is 2.32. The fraction of sp³-hybridized carbons (Fsp3) is 0.778. The third-order valence-corrected chi connectivity index (χ3v) is 5.43. The van der Waals surface area contributed by atoms with E-state index in [1.807, 2.05) is 0 Å². The minimum Gasteiger partial charge on any atom is -0.339 e. The van der Waals surface area contributed by atoms with E-state index in [9.17, 15) is 0 Å². The first-order valence-electron chi connectivity index (χ1n) is 9.30. The van der Waals surface area contributed by atoms with Crippen molar-refractivity contribution in [2.24, 2.45) is 0 Å². The molecule has 0 radical (unpaired) electrons. The summed E-state index contributed by atoms with van der Waals surface area (Å²) in [5.74, 6) is 2.50. The Bertz CT molecular complexity index is 705. The molecule has 6 heteroatoms. The van der Waals surface area contributed by atoms with Gasteiger partial charge in [-0.25, -0.2) is 4.68 Å². The van der Waals surface area contributed by atoms with Crippen LogP contribution in [0.3, 0.4) is 0 Å². The summed E-state index contributed by atoms with van der Waals surface area (Å²) in [7, 11) is 0. The molecule has 0 spiro atoms. The van der Waals surface area contributed by atoms with Gasteiger partial charge in [0, 0.05) is 18.3 Å². The average Bonchev–Trinajstić information content (AvgIpc) is 3.21. The van der Waals surface area contributed by atoms with Crippen LogP contribution in [0.4, 0.5) is 0 Å². The van der Waals surface area contributed by atoms with Crippen molar-refractivity contribution in [3.63, 3.8) is 0 Å². The maximum absolute atomic E-state index is 5.63. The molecule has 1 saturated carbocycles. The van der Waals surface area contributed by atoms with E-state index in [4.69, 9.17) is 9.51 Å². The lowest BCUT2D eigenvalue weighted by molar-refractivity contribution is 0.316. The van der Waals surface area contributed by atoms with Crippen molar-refractivity contribution in [2.45, 2.75) is 89.5 Å². The summed E-state index contributed by atoms with van der Waals surface area (Å²) >= 11 is 0. The maximum atomic E-state index is 5.63. The molecular formula is C18H27N5O. The number of nitrogens with zero attached hydrogens (tertiary/aromatic N) is 5. The van der Waals surface area contributed by atoms with Crippen LogP contribution in [0.25, 0.3) is 0 Å². The van der Waals surface area contributed by atoms with Gasteiger partial charge in [0.05, 0.1) is 16.9 Å². The summed E-state index contributed by atoms with van der Waals surface area (Å²) in [6.45, 7) is 6.51. The minimum absolute atomic E-state index is 0.0218. The van der Waals surface area contributed by atoms with Crippen molar-refractivity contribution >= 4 is 0 Å². The van der Waals surface area contributed by atoms with Crippen LogP contribution in [-0.2, 0) is 18.4 Å². The molecule has 0 N–H and O–H groups in total. The third-order valence-electron chi connectivity index (χ3n) is 5.43. The average molecular weight is 329 g/mol. The van der Waals surface area contributed by atoms with Gasteiger partial charge in [0.2, 0.25) is 5.89 Å². The van der Waals surface area contributed by atoms with E-state index >= 15 is 0 Å². The largest absolute Gasteiger partial charge is 0.339 e. The van der Waals surface area contributed by atoms with Crippen molar-refractivity contribution in [2.75, 3.05) is 0 Å². The predicted molar refractivity (Wildman–Crippen MR) is 89.9 cm³/mol. The summed E-state index contributed by atoms with van der Waals surface area (Å²) < 4.78 is 7.70. The summed E-state index contributed by atoms with van der Waals surface area (Å²) in [6.07, 6.45) is 9.19. The number of rotatable bonds is 2. The van der Waals surface area contributed by atoms with Gasteiger partial charge in [0.15, 0.2) is 5.82 Å². The van der Waals surface area contributed by atoms with Gasteiger partial charge >= 0.3 is 0 Å². The standard InChI is InChI=1S/C18H27N5O/c1-18(2,3)23-15-10-9-13(11-14(15)20-22-23)17-19-16(21-24-17)12-7-5-4-6-8-12/h12-13H,4-11H2,1-3H3. The Morgan fingerprint density at radius 1 is 1.04 bits per heavy atom. The lowest BCUT2D eigenvalue weighted by atomic mass is 9.88. The van der Waals surface area contributed by atoms with Crippen LogP contribution in [-0.4, -0.2) is 25.1 Å². The Hall–Kier alpha value is -1.72. The second-order valence-electron chi connectivity index (χ2n) is 8.33. The second kappa shape index (κ2) is 5.97. The zero-order chi connectivity index (χ0) is 16.7. The van der Waals surface area contributed by atoms with E-state index in [1.165, 1.54) is 37.8 Å². The van der Waals surface area contributed by atoms with E-state index in [0.29, 0.717) is 5.92 Å². The van der Waals surface area contributed by atoms with Gasteiger partial charge < -0.3 is 4.52 Å². The Morgan fingerprint density at radius 3 is 2.58 bits per heavy atom. The smallest absolute Gasteiger partial charge is 0.230 e. The fourth-order valence-electron chi connectivity index (χ4n) is 4.08. The van der Waals surface area contributed by atoms with Gasteiger partial charge in [-0.05, 0) is 46.5 Å². The topological polar surface area (TPSA) is 69.6 Å². The molecule has 2 aromatic rings. The molecule has 0 aromatic carbocycles. The first-order chi connectivity index (χ1) is 11.5. The first kappa shape index (κ1) is 15.8. The lowest BCUT2D eigenvalue weighted by Crippen LogP contribution is -2.27. The minimum atomic E-state index is -0.0218. The van der Waals surface area contributed by atoms with Gasteiger partial charge in [-0.2, -0.15) is 4.98 Å². The van der Waals surface area contributed by atoms with Crippen LogP contribution >= 0.6 is 0 Å². The molecule has 0 aliphatic heterocycles. The zero-order valence-electron chi connectivity index (χ0n) is 15.0. The first-order valence-corrected chi connectivity index (χ1v) is 9.30. The molecule has 24 heavy (non-hydrogen) atoms. The molecule has 6 nitrogen and oxygen atoms in total. The molecular weight excluding hydrogens is 302 g/mol. The molecule has 1 unspecified atom stereocenters. The highest BCUT2D eigenvalue weighted by molar-refractivity contribution is 5.19. The van der Waals surface area contributed by atoms with Gasteiger partial charge in [0.25, 0.3) is 0 Å². The maximum Gasteiger partial charge on any atom is 0.230 e. The summed E-state index contributed by atoms with van der Waals surface area (Å²) in [6, 6.07) is 0. The fourth-order valence-corrected chi connectivity index (χ4v) is 4.08. The van der Waals surface area contributed by atoms with Crippen molar-refractivity contribution in [3.8, 4) is 0 Å². The number of hydrogen-bond acceptors (Lipinski definition) is 5. The zero-order valence-corrected chi connectivity index (χ0v) is 15.0. The highest BCUT2D eigenvalue weighted by Crippen LogP contribution is 2.35. The van der Waals surface area contributed by atoms with Gasteiger partial charge in [0.1, 0.15) is 0 Å². The molecule has 130 valence electrons. The lowest BCUT2D eigenvalue weighted by Gasteiger charge is -2.25. The Balaban J connectivity index is 1.51. The van der Waals surface area contributed by atoms with Crippen LogP contribution in [0.15, 0.2) is 4.52 Å². The predicted octanol–water partition coefficient (Wildman–Crippen LogP) is 3.74. The molecule has 1 fully saturated rings. The molecule has 2 aliphatic rings. The second-order valence-corrected chi connectivity index (χ2v) is 8.33. The van der Waals surface area contributed by atoms with Crippen LogP contribution < -0.4 is 0 Å². The van der Waals surface area contributed by atoms with Crippen LogP contribution in [0.5, 0.6) is 0 Å². The molecule has 1 atom stereocenters. The van der Waals surface area contributed by atoms with E-state index < -0.39 is 0 Å².